The number of rotatable bonds is 18. The molecule has 0 bridgehead atoms. The normalized spacial score (nSPS) is 28.6. The molecule has 0 unspecified atom stereocenters. The fourth-order valence-corrected chi connectivity index (χ4v) is 6.44. The van der Waals surface area contributed by atoms with Gasteiger partial charge in [0, 0.05) is 13.3 Å². The van der Waals surface area contributed by atoms with E-state index in [1.54, 1.807) is 6.92 Å². The van der Waals surface area contributed by atoms with Crippen LogP contribution in [0.2, 0.25) is 0 Å². The van der Waals surface area contributed by atoms with E-state index in [0.717, 1.165) is 6.92 Å². The number of hydrogen-bond donors (Lipinski definition) is 6. The zero-order valence-corrected chi connectivity index (χ0v) is 35.3. The van der Waals surface area contributed by atoms with Crippen LogP contribution in [-0.2, 0) is 90.7 Å². The highest BCUT2D eigenvalue weighted by Crippen LogP contribution is 2.32. The number of carbonyl (C=O) groups is 7. The highest BCUT2D eigenvalue weighted by Gasteiger charge is 2.52. The van der Waals surface area contributed by atoms with Gasteiger partial charge in [0.2, 0.25) is 11.8 Å². The lowest BCUT2D eigenvalue weighted by Gasteiger charge is -2.16. The number of carboxylic acids is 1. The van der Waals surface area contributed by atoms with Crippen molar-refractivity contribution >= 4 is 41.6 Å². The van der Waals surface area contributed by atoms with Crippen LogP contribution in [0.3, 0.4) is 0 Å². The molecule has 6 N–H and O–H groups in total. The molecule has 6 rings (SSSR count). The number of aliphatic hydroxyl groups excluding tert-OH is 2. The van der Waals surface area contributed by atoms with Crippen molar-refractivity contribution in [2.75, 3.05) is 72.5 Å². The molecule has 3 amide bonds. The Morgan fingerprint density at radius 1 is 0.574 bits per heavy atom. The average molecular weight is 993 g/mol. The second kappa shape index (κ2) is 28.7. The molecule has 6 heterocycles. The van der Waals surface area contributed by atoms with Gasteiger partial charge in [-0.3, -0.25) is 33.6 Å². The van der Waals surface area contributed by atoms with Crippen molar-refractivity contribution in [3.05, 3.63) is 30.3 Å². The van der Waals surface area contributed by atoms with E-state index in [1.165, 1.54) is 0 Å². The summed E-state index contributed by atoms with van der Waals surface area (Å²) in [5.74, 6) is -4.67. The van der Waals surface area contributed by atoms with Crippen molar-refractivity contribution in [2.45, 2.75) is 101 Å². The predicted octanol–water partition coefficient (Wildman–Crippen LogP) is -5.71. The van der Waals surface area contributed by atoms with Crippen LogP contribution < -0.4 is 16.0 Å². The number of carbonyl (C=O) groups excluding carboxylic acids is 6. The van der Waals surface area contributed by atoms with Gasteiger partial charge in [-0.2, -0.15) is 0 Å². The van der Waals surface area contributed by atoms with Gasteiger partial charge < -0.3 is 88.4 Å². The Bertz CT molecular complexity index is 1660. The number of aliphatic carboxylic acids is 1. The molecule has 0 aliphatic carbocycles. The van der Waals surface area contributed by atoms with E-state index in [9.17, 15) is 69.0 Å². The standard InChI is InChI=1S/C11H16N2O8.C10H14N2O9.C6H9NO6.C6H9NO5.CH4/c1-2-8(14)12-3-9(15)20-6-4-18-11-7(21-13(16)17)5-19-10(6)11;13-2-7(14)11-1-8(15)20-5-3-18-10-6(21-12(16)17)4-19-9(5)10;8-3-1-11-6-4(13-7(9)10)2-12-5(3)6;1-4(8)12-3-5(9)7-2-6(10)11;/h6-7,10-11H,2-5H2,1H3,(H,12,14);5-6,9-10,13H,1-4H2,(H,11,14);3-6,8H,1-2H2;2-3H2,1H3,(H,7,9)(H,10,11);1H4/t6-,7+,10+,11+;5-,6+,9+,10+;3-,4+,5+,6+;;/m000../s1. The summed E-state index contributed by atoms with van der Waals surface area (Å²) in [5, 5.41) is 60.4. The first-order chi connectivity index (χ1) is 31.7. The van der Waals surface area contributed by atoms with Crippen molar-refractivity contribution in [2.24, 2.45) is 0 Å². The summed E-state index contributed by atoms with van der Waals surface area (Å²) in [6, 6.07) is 0. The number of nitrogens with one attached hydrogen (secondary N) is 3. The molecular weight excluding hydrogens is 940 g/mol. The molecule has 68 heavy (non-hydrogen) atoms. The number of fused-ring (bicyclic) bond motifs is 3. The minimum absolute atomic E-state index is 0. The fraction of sp³-hybridized carbons (Fsp3) is 0.794. The van der Waals surface area contributed by atoms with Gasteiger partial charge in [0.15, 0.2) is 37.1 Å². The minimum Gasteiger partial charge on any atom is -0.480 e. The van der Waals surface area contributed by atoms with Gasteiger partial charge in [0.1, 0.15) is 69.0 Å². The molecular formula is C34H52N6O28. The number of esters is 3. The SMILES string of the molecule is C.CC(=O)OCC(=O)NCC(=O)O.CCC(=O)NCC(=O)O[C@H]1CO[C@H]2[C@@H]1OC[C@H]2O[N+](=O)[O-].O=C(CO)NCC(=O)O[C@H]1CO[C@H]2[C@@H]1OC[C@H]2O[N+](=O)[O-].O=[N+]([O-])O[C@@H]1CO[C@H]2[C@@H]1OC[C@@H]2O. The monoisotopic (exact) mass is 992 g/mol. The van der Waals surface area contributed by atoms with Crippen LogP contribution >= 0.6 is 0 Å². The third-order valence-electron chi connectivity index (χ3n) is 9.30. The average Bonchev–Trinajstić information content (AvgIpc) is 4.14. The van der Waals surface area contributed by atoms with Gasteiger partial charge in [-0.25, -0.2) is 0 Å². The molecule has 0 spiro atoms. The van der Waals surface area contributed by atoms with E-state index < -0.39 is 151 Å². The van der Waals surface area contributed by atoms with Gasteiger partial charge in [-0.05, 0) is 0 Å². The number of ether oxygens (including phenoxy) is 9. The van der Waals surface area contributed by atoms with E-state index in [2.05, 4.69) is 29.9 Å². The Balaban J connectivity index is 0.000000319. The van der Waals surface area contributed by atoms with Gasteiger partial charge in [-0.15, -0.1) is 30.3 Å². The molecule has 6 fully saturated rings. The van der Waals surface area contributed by atoms with Crippen LogP contribution in [0.5, 0.6) is 0 Å². The molecule has 6 aliphatic rings. The van der Waals surface area contributed by atoms with E-state index in [0.29, 0.717) is 0 Å². The first kappa shape index (κ1) is 57.7. The molecule has 0 aromatic heterocycles. The first-order valence-electron chi connectivity index (χ1n) is 19.7. The maximum Gasteiger partial charge on any atom is 0.325 e. The zero-order chi connectivity index (χ0) is 49.8. The first-order valence-corrected chi connectivity index (χ1v) is 19.7. The second-order valence-corrected chi connectivity index (χ2v) is 14.0. The lowest BCUT2D eigenvalue weighted by molar-refractivity contribution is -0.769. The van der Waals surface area contributed by atoms with Crippen LogP contribution in [0.25, 0.3) is 0 Å². The maximum absolute atomic E-state index is 11.6. The van der Waals surface area contributed by atoms with Gasteiger partial charge in [0.05, 0.1) is 39.6 Å². The number of amides is 3. The lowest BCUT2D eigenvalue weighted by Crippen LogP contribution is -2.38. The third-order valence-corrected chi connectivity index (χ3v) is 9.30. The quantitative estimate of drug-likeness (QED) is 0.0322. The highest BCUT2D eigenvalue weighted by molar-refractivity contribution is 5.84. The summed E-state index contributed by atoms with van der Waals surface area (Å²) < 4.78 is 45.9. The maximum atomic E-state index is 11.6. The van der Waals surface area contributed by atoms with Gasteiger partial charge >= 0.3 is 23.9 Å². The summed E-state index contributed by atoms with van der Waals surface area (Å²) in [7, 11) is 0. The van der Waals surface area contributed by atoms with Crippen molar-refractivity contribution in [3.63, 3.8) is 0 Å². The molecule has 386 valence electrons. The second-order valence-electron chi connectivity index (χ2n) is 14.0. The Morgan fingerprint density at radius 3 is 1.31 bits per heavy atom. The third kappa shape index (κ3) is 19.1. The fourth-order valence-electron chi connectivity index (χ4n) is 6.44. The summed E-state index contributed by atoms with van der Waals surface area (Å²) in [5.41, 5.74) is 0. The molecule has 34 nitrogen and oxygen atoms in total. The summed E-state index contributed by atoms with van der Waals surface area (Å²) in [6.45, 7) is 0.825. The smallest absolute Gasteiger partial charge is 0.325 e. The van der Waals surface area contributed by atoms with Crippen LogP contribution in [0.1, 0.15) is 27.7 Å². The highest BCUT2D eigenvalue weighted by atomic mass is 17.0. The Hall–Kier alpha value is -6.43. The largest absolute Gasteiger partial charge is 0.480 e. The summed E-state index contributed by atoms with van der Waals surface area (Å²) in [4.78, 5) is 119. The molecule has 34 heteroatoms. The summed E-state index contributed by atoms with van der Waals surface area (Å²) >= 11 is 0. The van der Waals surface area contributed by atoms with E-state index in [4.69, 9.17) is 48.1 Å². The number of hydrogen-bond acceptors (Lipinski definition) is 27. The minimum atomic E-state index is -1.15. The lowest BCUT2D eigenvalue weighted by atomic mass is 10.1. The topological polar surface area (TPSA) is 456 Å². The van der Waals surface area contributed by atoms with Gasteiger partial charge in [-0.1, -0.05) is 14.4 Å². The van der Waals surface area contributed by atoms with E-state index >= 15 is 0 Å². The van der Waals surface area contributed by atoms with Gasteiger partial charge in [0.25, 0.3) is 21.2 Å². The molecule has 0 aromatic rings. The van der Waals surface area contributed by atoms with Crippen molar-refractivity contribution in [1.29, 1.82) is 0 Å². The van der Waals surface area contributed by atoms with E-state index in [-0.39, 0.29) is 65.9 Å². The van der Waals surface area contributed by atoms with E-state index in [1.807, 2.05) is 5.32 Å². The molecule has 6 saturated heterocycles. The predicted molar refractivity (Wildman–Crippen MR) is 207 cm³/mol. The molecule has 6 aliphatic heterocycles. The number of nitrogens with zero attached hydrogens (tertiary/aromatic N) is 3. The number of aliphatic hydroxyl groups is 2. The molecule has 0 saturated carbocycles. The Morgan fingerprint density at radius 2 is 0.926 bits per heavy atom. The summed E-state index contributed by atoms with van der Waals surface area (Å²) in [6.07, 6.45) is -7.78. The Kier molecular flexibility index (Phi) is 24.3. The van der Waals surface area contributed by atoms with Crippen molar-refractivity contribution in [1.82, 2.24) is 16.0 Å². The molecule has 0 radical (unpaired) electrons. The number of carboxylic acid groups (broad SMARTS) is 1. The van der Waals surface area contributed by atoms with Crippen LogP contribution in [0, 0.1) is 30.3 Å². The van der Waals surface area contributed by atoms with Crippen molar-refractivity contribution in [3.8, 4) is 0 Å². The zero-order valence-electron chi connectivity index (χ0n) is 35.3. The van der Waals surface area contributed by atoms with Crippen LogP contribution in [-0.4, -0.2) is 218 Å². The van der Waals surface area contributed by atoms with Crippen LogP contribution in [0.15, 0.2) is 0 Å². The molecule has 0 aromatic carbocycles. The van der Waals surface area contributed by atoms with Crippen LogP contribution in [0.4, 0.5) is 0 Å². The Labute approximate surface area is 382 Å². The molecule has 12 atom stereocenters. The van der Waals surface area contributed by atoms with Crippen molar-refractivity contribution < 1.29 is 121 Å².